The quantitative estimate of drug-likeness (QED) is 0.0149. The van der Waals surface area contributed by atoms with Crippen LogP contribution in [0.25, 0.3) is 0 Å². The predicted octanol–water partition coefficient (Wildman–Crippen LogP) is 21.1. The zero-order chi connectivity index (χ0) is 102. The molecule has 0 aromatic heterocycles. The van der Waals surface area contributed by atoms with Crippen molar-refractivity contribution in [3.05, 3.63) is 265 Å². The van der Waals surface area contributed by atoms with Gasteiger partial charge in [0.05, 0.1) is 116 Å². The van der Waals surface area contributed by atoms with Gasteiger partial charge in [0.15, 0.2) is 50.7 Å². The third-order valence-electron chi connectivity index (χ3n) is 24.7. The molecule has 13 rings (SSSR count). The van der Waals surface area contributed by atoms with Gasteiger partial charge in [0.1, 0.15) is 49.5 Å². The first-order valence-corrected chi connectivity index (χ1v) is 55.7. The van der Waals surface area contributed by atoms with Gasteiger partial charge >= 0.3 is 41.8 Å². The van der Waals surface area contributed by atoms with Gasteiger partial charge in [-0.25, -0.2) is 30.0 Å². The summed E-state index contributed by atoms with van der Waals surface area (Å²) in [6.07, 6.45) is 7.03. The zero-order valence-electron chi connectivity index (χ0n) is 82.8. The van der Waals surface area contributed by atoms with Crippen LogP contribution in [0.4, 0.5) is 0 Å². The number of rotatable bonds is 40. The van der Waals surface area contributed by atoms with E-state index in [2.05, 4.69) is 291 Å². The van der Waals surface area contributed by atoms with Crippen molar-refractivity contribution in [3.8, 4) is 5.75 Å². The van der Waals surface area contributed by atoms with Gasteiger partial charge in [0.25, 0.3) is 0 Å². The molecule has 0 radical (unpaired) electrons. The van der Waals surface area contributed by atoms with E-state index in [4.69, 9.17) is 23.7 Å². The van der Waals surface area contributed by atoms with Crippen molar-refractivity contribution >= 4 is 105 Å². The van der Waals surface area contributed by atoms with Gasteiger partial charge in [0, 0.05) is 12.1 Å². The number of aryl methyl sites for hydroxylation is 3. The van der Waals surface area contributed by atoms with E-state index in [0.29, 0.717) is 50.4 Å². The molecule has 754 valence electrons. The van der Waals surface area contributed by atoms with Crippen LogP contribution >= 0.6 is 0 Å². The maximum atomic E-state index is 13.0. The summed E-state index contributed by atoms with van der Waals surface area (Å²) in [6.45, 7) is 28.3. The molecule has 4 aliphatic rings. The van der Waals surface area contributed by atoms with E-state index in [9.17, 15) is 72.5 Å². The first-order chi connectivity index (χ1) is 65.7. The number of benzene rings is 9. The summed E-state index contributed by atoms with van der Waals surface area (Å²) in [7, 11) is -13.5. The summed E-state index contributed by atoms with van der Waals surface area (Å²) in [5.74, 6) is -2.29. The fourth-order valence-corrected chi connectivity index (χ4v) is 22.7. The van der Waals surface area contributed by atoms with Gasteiger partial charge in [-0.1, -0.05) is 187 Å². The number of esters is 7. The molecule has 24 nitrogen and oxygen atoms in total. The second-order valence-corrected chi connectivity index (χ2v) is 47.3. The summed E-state index contributed by atoms with van der Waals surface area (Å²) in [4.78, 5) is 95.2. The van der Waals surface area contributed by atoms with Crippen LogP contribution in [0.2, 0.25) is 0 Å². The van der Waals surface area contributed by atoms with E-state index in [1.807, 2.05) is 20.8 Å². The average Bonchev–Trinajstić information content (AvgIpc) is 0.732. The first-order valence-electron chi connectivity index (χ1n) is 47.3. The molecule has 0 aliphatic heterocycles. The minimum atomic E-state index is -4.41. The van der Waals surface area contributed by atoms with E-state index in [-0.39, 0.29) is 70.1 Å². The number of hydrogen-bond donors (Lipinski definition) is 0. The third-order valence-corrected chi connectivity index (χ3v) is 33.3. The van der Waals surface area contributed by atoms with Crippen LogP contribution in [0.5, 0.6) is 5.75 Å². The van der Waals surface area contributed by atoms with Gasteiger partial charge in [0.2, 0.25) is 0 Å². The van der Waals surface area contributed by atoms with Crippen LogP contribution in [0.1, 0.15) is 197 Å². The Morgan fingerprint density at radius 1 is 0.353 bits per heavy atom. The molecule has 139 heavy (non-hydrogen) atoms. The lowest BCUT2D eigenvalue weighted by molar-refractivity contribution is -0.204. The summed E-state index contributed by atoms with van der Waals surface area (Å²) in [5, 5.41) is 0. The summed E-state index contributed by atoms with van der Waals surface area (Å²) >= 11 is 0. The van der Waals surface area contributed by atoms with Crippen molar-refractivity contribution in [2.45, 2.75) is 269 Å². The highest BCUT2D eigenvalue weighted by Crippen LogP contribution is 2.59. The minimum absolute atomic E-state index is 0.0146. The Balaban J connectivity index is 0.000000232. The van der Waals surface area contributed by atoms with Crippen molar-refractivity contribution < 1.29 is 110 Å². The van der Waals surface area contributed by atoms with Crippen LogP contribution in [0.15, 0.2) is 293 Å². The average molecular weight is 2020 g/mol. The van der Waals surface area contributed by atoms with E-state index < -0.39 is 138 Å². The number of hydrogen-bond acceptors (Lipinski definition) is 24. The standard InChI is InChI=1S/C33H37O3S.C19H17S.C18H15S.3C13H24O7S/c1-22-14-30(37(28-10-6-4-7-11-28)29-12-8-5-9-13-29)15-23(2)32(22)35-21-31(34)36-33(3)26-17-24-16-25(19-26)20-27(33)18-24;1-16-12-14-19(15-13-16)20(17-8-4-2-5-9-17)18-10-6-3-7-11-18;1-4-10-16(11-5-1)19(17-12-6-2-7-13-17)18-14-8-3-9-15-18;3*1-5-10(20-12(15)13(3,4)6-2)9-11(14)19-7-8-21(16,17)18/h4-15,24-27H,16-21H2,1-3H3;2-15H,1H3;1-15H;3*10H,5-9H2,1-4H3,(H,16,17,18)/q3*+1;;;/p-3. The highest BCUT2D eigenvalue weighted by Gasteiger charge is 2.57. The third kappa shape index (κ3) is 39.0. The molecule has 4 fully saturated rings. The van der Waals surface area contributed by atoms with E-state index in [1.54, 1.807) is 62.3 Å². The van der Waals surface area contributed by atoms with Gasteiger partial charge in [-0.05, 0) is 272 Å². The Hall–Kier alpha value is -10.2. The molecule has 9 aromatic carbocycles. The molecule has 4 saturated carbocycles. The summed E-state index contributed by atoms with van der Waals surface area (Å²) in [5.41, 5.74) is 1.19. The Morgan fingerprint density at radius 3 is 0.820 bits per heavy atom. The molecule has 30 heteroatoms. The molecule has 4 aliphatic carbocycles. The van der Waals surface area contributed by atoms with E-state index in [0.717, 1.165) is 28.7 Å². The van der Waals surface area contributed by atoms with Crippen molar-refractivity contribution in [2.75, 3.05) is 43.7 Å². The van der Waals surface area contributed by atoms with Gasteiger partial charge in [-0.3, -0.25) is 28.8 Å². The van der Waals surface area contributed by atoms with Crippen LogP contribution in [0, 0.1) is 60.7 Å². The van der Waals surface area contributed by atoms with Crippen LogP contribution in [-0.2, 0) is 130 Å². The molecule has 0 heterocycles. The fraction of sp³-hybridized carbons (Fsp3) is 0.440. The molecule has 3 unspecified atom stereocenters. The van der Waals surface area contributed by atoms with Crippen molar-refractivity contribution in [3.63, 3.8) is 0 Å². The Kier molecular flexibility index (Phi) is 46.6. The fourth-order valence-electron chi connectivity index (χ4n) is 15.4. The molecular weight excluding hydrogens is 1890 g/mol. The second-order valence-electron chi connectivity index (χ2n) is 36.6. The summed E-state index contributed by atoms with van der Waals surface area (Å²) < 4.78 is 135. The molecule has 9 aromatic rings. The highest BCUT2D eigenvalue weighted by atomic mass is 32.2. The number of ether oxygens (including phenoxy) is 8. The summed E-state index contributed by atoms with van der Waals surface area (Å²) in [6, 6.07) is 88.3. The zero-order valence-corrected chi connectivity index (χ0v) is 87.7. The SMILES string of the molecule is CCC(CC(=O)OCCS(=O)(=O)[O-])OC(=O)C(C)(C)CC.CCC(CC(=O)OCCS(=O)(=O)[O-])OC(=O)C(C)(C)CC.CCC(CC(=O)OCCS(=O)(=O)[O-])OC(=O)C(C)(C)CC.Cc1cc([S+](c2ccccc2)c2ccccc2)cc(C)c1OCC(=O)OC1(C)C2CC3CC(C2)CC1C3.Cc1ccc([S+](c2ccccc2)c2ccccc2)cc1.c1ccc([S+](c2ccccc2)c2ccccc2)cc1. The molecule has 0 saturated heterocycles. The van der Waals surface area contributed by atoms with Crippen molar-refractivity contribution in [2.24, 2.45) is 39.9 Å². The maximum Gasteiger partial charge on any atom is 0.344 e. The first kappa shape index (κ1) is 116. The Labute approximate surface area is 832 Å². The highest BCUT2D eigenvalue weighted by molar-refractivity contribution is 7.97. The molecule has 4 bridgehead atoms. The second kappa shape index (κ2) is 55.9. The minimum Gasteiger partial charge on any atom is -0.748 e. The van der Waals surface area contributed by atoms with Gasteiger partial charge in [-0.2, -0.15) is 0 Å². The van der Waals surface area contributed by atoms with Crippen molar-refractivity contribution in [1.82, 2.24) is 0 Å². The molecular formula is C109H138O24S6. The maximum absolute atomic E-state index is 13.0. The Morgan fingerprint density at radius 2 is 0.590 bits per heavy atom. The topological polar surface area (TPSA) is 365 Å². The number of carbonyl (C=O) groups is 7. The van der Waals surface area contributed by atoms with E-state index in [1.165, 1.54) is 81.7 Å². The molecule has 3 atom stereocenters. The van der Waals surface area contributed by atoms with E-state index >= 15 is 0 Å². The lowest BCUT2D eigenvalue weighted by Gasteiger charge is -2.59. The normalized spacial score (nSPS) is 16.6. The number of carbonyl (C=O) groups excluding carboxylic acids is 7. The van der Waals surface area contributed by atoms with Crippen LogP contribution in [-0.4, -0.2) is 148 Å². The van der Waals surface area contributed by atoms with Crippen LogP contribution in [0.3, 0.4) is 0 Å². The van der Waals surface area contributed by atoms with Crippen LogP contribution < -0.4 is 4.74 Å². The van der Waals surface area contributed by atoms with Gasteiger partial charge in [-0.15, -0.1) is 0 Å². The largest absolute Gasteiger partial charge is 0.748 e. The predicted molar refractivity (Wildman–Crippen MR) is 539 cm³/mol. The van der Waals surface area contributed by atoms with Gasteiger partial charge < -0.3 is 51.6 Å². The lowest BCUT2D eigenvalue weighted by Crippen LogP contribution is -2.58. The Bertz CT molecular complexity index is 5250. The molecule has 0 N–H and O–H groups in total. The molecule has 0 spiro atoms. The monoisotopic (exact) mass is 2020 g/mol. The smallest absolute Gasteiger partial charge is 0.344 e. The van der Waals surface area contributed by atoms with Crippen molar-refractivity contribution in [1.29, 1.82) is 0 Å². The lowest BCUT2D eigenvalue weighted by atomic mass is 9.50. The molecule has 0 amide bonds.